The van der Waals surface area contributed by atoms with E-state index in [1.54, 1.807) is 0 Å². The average molecular weight is 861 g/mol. The highest BCUT2D eigenvalue weighted by atomic mass is 15.2. The molecule has 7 aromatic rings. The Balaban J connectivity index is 1.42. The predicted molar refractivity (Wildman–Crippen MR) is 280 cm³/mol. The van der Waals surface area contributed by atoms with Crippen LogP contribution in [0, 0.1) is 29.6 Å². The summed E-state index contributed by atoms with van der Waals surface area (Å²) in [5, 5.41) is 19.4. The monoisotopic (exact) mass is 860 g/mol. The van der Waals surface area contributed by atoms with Crippen LogP contribution in [0.3, 0.4) is 0 Å². The van der Waals surface area contributed by atoms with Crippen LogP contribution in [0.5, 0.6) is 0 Å². The highest BCUT2D eigenvalue weighted by molar-refractivity contribution is 7.00. The Morgan fingerprint density at radius 2 is 0.697 bits per heavy atom. The minimum atomic E-state index is -0.120. The van der Waals surface area contributed by atoms with Crippen molar-refractivity contribution >= 4 is 57.2 Å². The summed E-state index contributed by atoms with van der Waals surface area (Å²) in [5.74, 6) is 0. The van der Waals surface area contributed by atoms with Crippen LogP contribution in [0.1, 0.15) is 122 Å². The van der Waals surface area contributed by atoms with Gasteiger partial charge in [0.15, 0.2) is 0 Å². The van der Waals surface area contributed by atoms with Crippen molar-refractivity contribution in [2.45, 2.75) is 112 Å². The van der Waals surface area contributed by atoms with Gasteiger partial charge in [-0.1, -0.05) is 144 Å². The van der Waals surface area contributed by atoms with Crippen LogP contribution >= 0.6 is 0 Å². The quantitative estimate of drug-likeness (QED) is 0.165. The first-order valence-corrected chi connectivity index (χ1v) is 23.4. The molecule has 9 rings (SSSR count). The van der Waals surface area contributed by atoms with E-state index in [0.29, 0.717) is 11.1 Å². The lowest BCUT2D eigenvalue weighted by atomic mass is 9.33. The number of anilines is 6. The van der Waals surface area contributed by atoms with Gasteiger partial charge in [-0.3, -0.25) is 0 Å². The van der Waals surface area contributed by atoms with E-state index in [2.05, 4.69) is 221 Å². The molecule has 0 aromatic heterocycles. The fourth-order valence-electron chi connectivity index (χ4n) is 9.74. The summed E-state index contributed by atoms with van der Waals surface area (Å²) >= 11 is 0. The molecule has 0 saturated carbocycles. The lowest BCUT2D eigenvalue weighted by Gasteiger charge is -2.45. The lowest BCUT2D eigenvalue weighted by molar-refractivity contribution is 0.568. The first-order valence-electron chi connectivity index (χ1n) is 23.4. The summed E-state index contributed by atoms with van der Waals surface area (Å²) in [5.41, 5.74) is 22.4. The van der Waals surface area contributed by atoms with Crippen molar-refractivity contribution in [2.75, 3.05) is 9.80 Å². The summed E-state index contributed by atoms with van der Waals surface area (Å²) in [6, 6.07) is 53.8. The molecule has 0 bridgehead atoms. The number of rotatable bonds is 4. The minimum Gasteiger partial charge on any atom is -0.311 e. The van der Waals surface area contributed by atoms with Crippen molar-refractivity contribution in [1.82, 2.24) is 0 Å². The van der Waals surface area contributed by atoms with Crippen molar-refractivity contribution in [1.29, 1.82) is 10.5 Å². The van der Waals surface area contributed by atoms with Gasteiger partial charge in [0.1, 0.15) is 0 Å². The van der Waals surface area contributed by atoms with Gasteiger partial charge in [-0.15, -0.1) is 0 Å². The second-order valence-electron chi connectivity index (χ2n) is 22.8. The van der Waals surface area contributed by atoms with Crippen LogP contribution < -0.4 is 26.2 Å². The van der Waals surface area contributed by atoms with Gasteiger partial charge in [0.05, 0.1) is 23.3 Å². The molecule has 0 radical (unpaired) electrons. The molecule has 328 valence electrons. The molecule has 4 nitrogen and oxygen atoms in total. The molecule has 66 heavy (non-hydrogen) atoms. The van der Waals surface area contributed by atoms with Gasteiger partial charge in [0.2, 0.25) is 0 Å². The standard InChI is InChI=1S/C61H61BN4/c1-38-26-55-57-56(27-38)66(50-34-47(60(8,9)10)31-48(35-50)61(11,12)13)54-25-23-44(42-20-16-40(37-64)17-21-42)29-52(54)62(57)51-28-43(41-18-14-39(36-63)15-19-41)22-24-53(51)65(55)49-32-45(58(2,3)4)30-46(33-49)59(5,6)7/h14-35H,1-13H3. The van der Waals surface area contributed by atoms with Gasteiger partial charge in [0.25, 0.3) is 6.71 Å². The van der Waals surface area contributed by atoms with E-state index in [4.69, 9.17) is 0 Å². The fraction of sp³-hybridized carbons (Fsp3) is 0.279. The van der Waals surface area contributed by atoms with Crippen LogP contribution in [0.15, 0.2) is 133 Å². The van der Waals surface area contributed by atoms with Gasteiger partial charge >= 0.3 is 0 Å². The van der Waals surface area contributed by atoms with Crippen molar-refractivity contribution < 1.29 is 0 Å². The number of benzene rings is 7. The maximum Gasteiger partial charge on any atom is 0.252 e. The number of nitrogens with zero attached hydrogens (tertiary/aromatic N) is 4. The first kappa shape index (κ1) is 44.4. The van der Waals surface area contributed by atoms with Gasteiger partial charge in [-0.05, 0) is 168 Å². The summed E-state index contributed by atoms with van der Waals surface area (Å²) in [4.78, 5) is 5.09. The zero-order chi connectivity index (χ0) is 47.2. The van der Waals surface area contributed by atoms with E-state index in [1.165, 1.54) is 55.6 Å². The van der Waals surface area contributed by atoms with E-state index < -0.39 is 0 Å². The summed E-state index contributed by atoms with van der Waals surface area (Å²) < 4.78 is 0. The Hall–Kier alpha value is -6.82. The molecule has 5 heteroatoms. The second kappa shape index (κ2) is 15.7. The van der Waals surface area contributed by atoms with E-state index in [-0.39, 0.29) is 28.4 Å². The molecule has 0 unspecified atom stereocenters. The van der Waals surface area contributed by atoms with E-state index in [9.17, 15) is 10.5 Å². The van der Waals surface area contributed by atoms with Gasteiger partial charge in [-0.2, -0.15) is 10.5 Å². The van der Waals surface area contributed by atoms with Crippen molar-refractivity contribution in [2.24, 2.45) is 0 Å². The van der Waals surface area contributed by atoms with Crippen molar-refractivity contribution in [3.63, 3.8) is 0 Å². The first-order chi connectivity index (χ1) is 31.0. The fourth-order valence-corrected chi connectivity index (χ4v) is 9.74. The molecular formula is C61H61BN4. The Labute approximate surface area is 394 Å². The smallest absolute Gasteiger partial charge is 0.252 e. The molecule has 0 saturated heterocycles. The minimum absolute atomic E-state index is 0.0803. The lowest BCUT2D eigenvalue weighted by Crippen LogP contribution is -2.61. The van der Waals surface area contributed by atoms with Crippen LogP contribution in [0.2, 0.25) is 0 Å². The summed E-state index contributed by atoms with van der Waals surface area (Å²) in [7, 11) is 0. The topological polar surface area (TPSA) is 54.1 Å². The predicted octanol–water partition coefficient (Wildman–Crippen LogP) is 14.3. The Morgan fingerprint density at radius 1 is 0.379 bits per heavy atom. The van der Waals surface area contributed by atoms with Crippen LogP contribution in [-0.2, 0) is 21.7 Å². The highest BCUT2D eigenvalue weighted by Gasteiger charge is 2.44. The third kappa shape index (κ3) is 7.90. The van der Waals surface area contributed by atoms with E-state index in [1.807, 2.05) is 24.3 Å². The molecule has 0 N–H and O–H groups in total. The Morgan fingerprint density at radius 3 is 1.00 bits per heavy atom. The largest absolute Gasteiger partial charge is 0.311 e. The average Bonchev–Trinajstić information content (AvgIpc) is 3.27. The van der Waals surface area contributed by atoms with E-state index >= 15 is 0 Å². The van der Waals surface area contributed by atoms with Crippen LogP contribution in [0.25, 0.3) is 22.3 Å². The molecule has 0 fully saturated rings. The molecule has 0 amide bonds. The van der Waals surface area contributed by atoms with Crippen LogP contribution in [-0.4, -0.2) is 6.71 Å². The van der Waals surface area contributed by atoms with Crippen molar-refractivity contribution in [3.05, 3.63) is 172 Å². The number of hydrogen-bond acceptors (Lipinski definition) is 4. The Kier molecular flexibility index (Phi) is 10.5. The third-order valence-corrected chi connectivity index (χ3v) is 13.7. The number of fused-ring (bicyclic) bond motifs is 4. The zero-order valence-electron chi connectivity index (χ0n) is 41.1. The molecule has 2 aliphatic heterocycles. The van der Waals surface area contributed by atoms with Gasteiger partial charge < -0.3 is 9.80 Å². The van der Waals surface area contributed by atoms with Crippen molar-refractivity contribution in [3.8, 4) is 34.4 Å². The third-order valence-electron chi connectivity index (χ3n) is 13.7. The molecule has 0 aliphatic carbocycles. The normalized spacial score (nSPS) is 13.4. The summed E-state index contributed by atoms with van der Waals surface area (Å²) in [6.07, 6.45) is 0. The second-order valence-corrected chi connectivity index (χ2v) is 22.8. The molecule has 7 aromatic carbocycles. The summed E-state index contributed by atoms with van der Waals surface area (Å²) in [6.45, 7) is 29.9. The SMILES string of the molecule is Cc1cc2c3c(c1)N(c1cc(C(C)(C)C)cc(C(C)(C)C)c1)c1ccc(-c4ccc(C#N)cc4)cc1B3c1cc(-c3ccc(C#N)cc3)ccc1N2c1cc(C(C)(C)C)cc(C(C)(C)C)c1. The Bertz CT molecular complexity index is 2880. The maximum atomic E-state index is 9.71. The van der Waals surface area contributed by atoms with E-state index in [0.717, 1.165) is 45.0 Å². The molecule has 0 atom stereocenters. The molecule has 0 spiro atoms. The zero-order valence-corrected chi connectivity index (χ0v) is 41.1. The molecular weight excluding hydrogens is 800 g/mol. The number of aryl methyl sites for hydroxylation is 1. The van der Waals surface area contributed by atoms with Crippen LogP contribution in [0.4, 0.5) is 34.1 Å². The maximum absolute atomic E-state index is 9.71. The highest BCUT2D eigenvalue weighted by Crippen LogP contribution is 2.48. The van der Waals surface area contributed by atoms with Gasteiger partial charge in [0, 0.05) is 34.1 Å². The number of hydrogen-bond donors (Lipinski definition) is 0. The number of nitriles is 2. The molecule has 2 aliphatic rings. The van der Waals surface area contributed by atoms with Gasteiger partial charge in [-0.25, -0.2) is 0 Å². The molecule has 2 heterocycles.